The van der Waals surface area contributed by atoms with Gasteiger partial charge in [0, 0.05) is 12.1 Å². The quantitative estimate of drug-likeness (QED) is 0.273. The van der Waals surface area contributed by atoms with E-state index in [9.17, 15) is 4.79 Å². The SMILES string of the molecule is N/C(CC1=CC=CC1)=N\OC(=O)COc1ccc(N)cc1. The maximum atomic E-state index is 11.5. The van der Waals surface area contributed by atoms with Crippen LogP contribution in [0.5, 0.6) is 5.75 Å². The van der Waals surface area contributed by atoms with Crippen LogP contribution in [0.4, 0.5) is 5.69 Å². The van der Waals surface area contributed by atoms with Gasteiger partial charge in [-0.25, -0.2) is 4.79 Å². The minimum Gasteiger partial charge on any atom is -0.482 e. The number of benzene rings is 1. The van der Waals surface area contributed by atoms with E-state index in [-0.39, 0.29) is 12.4 Å². The Morgan fingerprint density at radius 2 is 2.05 bits per heavy atom. The molecule has 2 rings (SSSR count). The highest BCUT2D eigenvalue weighted by Crippen LogP contribution is 2.14. The molecule has 0 aromatic heterocycles. The van der Waals surface area contributed by atoms with Crippen LogP contribution >= 0.6 is 0 Å². The van der Waals surface area contributed by atoms with Crippen LogP contribution in [-0.2, 0) is 9.63 Å². The molecule has 0 atom stereocenters. The smallest absolute Gasteiger partial charge is 0.372 e. The van der Waals surface area contributed by atoms with Gasteiger partial charge in [0.1, 0.15) is 11.6 Å². The van der Waals surface area contributed by atoms with Crippen molar-refractivity contribution in [1.29, 1.82) is 0 Å². The van der Waals surface area contributed by atoms with Gasteiger partial charge in [0.2, 0.25) is 0 Å². The third kappa shape index (κ3) is 5.02. The number of nitrogens with zero attached hydrogens (tertiary/aromatic N) is 1. The first kappa shape index (κ1) is 14.6. The highest BCUT2D eigenvalue weighted by Gasteiger charge is 2.06. The van der Waals surface area contributed by atoms with E-state index >= 15 is 0 Å². The van der Waals surface area contributed by atoms with Crippen LogP contribution in [0.2, 0.25) is 0 Å². The summed E-state index contributed by atoms with van der Waals surface area (Å²) < 4.78 is 5.23. The number of ether oxygens (including phenoxy) is 1. The molecule has 6 nitrogen and oxygen atoms in total. The molecule has 0 aliphatic heterocycles. The summed E-state index contributed by atoms with van der Waals surface area (Å²) in [5.74, 6) is 0.166. The molecule has 0 radical (unpaired) electrons. The Labute approximate surface area is 122 Å². The van der Waals surface area contributed by atoms with Gasteiger partial charge in [-0.15, -0.1) is 0 Å². The standard InChI is InChI=1S/C15H17N3O3/c16-12-5-7-13(8-6-12)20-10-15(19)21-18-14(17)9-11-3-1-2-4-11/h1-3,5-8H,4,9-10,16H2,(H2,17,18). The van der Waals surface area contributed by atoms with Gasteiger partial charge in [-0.1, -0.05) is 29.0 Å². The zero-order valence-corrected chi connectivity index (χ0v) is 11.5. The maximum Gasteiger partial charge on any atom is 0.372 e. The Bertz CT molecular complexity index is 589. The number of amidine groups is 1. The van der Waals surface area contributed by atoms with Crippen molar-refractivity contribution in [2.24, 2.45) is 10.9 Å². The van der Waals surface area contributed by atoms with Crippen LogP contribution in [0.15, 0.2) is 53.2 Å². The molecule has 0 fully saturated rings. The molecule has 0 amide bonds. The molecule has 4 N–H and O–H groups in total. The Morgan fingerprint density at radius 3 is 2.71 bits per heavy atom. The van der Waals surface area contributed by atoms with Crippen LogP contribution in [0, 0.1) is 0 Å². The molecule has 0 heterocycles. The Kier molecular flexibility index (Phi) is 4.98. The number of carbonyl (C=O) groups is 1. The number of allylic oxidation sites excluding steroid dienone is 3. The fourth-order valence-corrected chi connectivity index (χ4v) is 1.73. The lowest BCUT2D eigenvalue weighted by atomic mass is 10.1. The summed E-state index contributed by atoms with van der Waals surface area (Å²) in [6, 6.07) is 6.69. The minimum absolute atomic E-state index is 0.245. The van der Waals surface area contributed by atoms with Crippen molar-refractivity contribution in [3.05, 3.63) is 48.1 Å². The van der Waals surface area contributed by atoms with Gasteiger partial charge in [0.15, 0.2) is 6.61 Å². The van der Waals surface area contributed by atoms with E-state index in [1.54, 1.807) is 24.3 Å². The van der Waals surface area contributed by atoms with E-state index in [0.717, 1.165) is 12.0 Å². The number of nitrogens with two attached hydrogens (primary N) is 2. The molecule has 1 aromatic rings. The van der Waals surface area contributed by atoms with Gasteiger partial charge >= 0.3 is 5.97 Å². The Morgan fingerprint density at radius 1 is 1.29 bits per heavy atom. The number of nitrogen functional groups attached to an aromatic ring is 1. The van der Waals surface area contributed by atoms with Crippen molar-refractivity contribution in [3.63, 3.8) is 0 Å². The second kappa shape index (κ2) is 7.14. The first-order valence-corrected chi connectivity index (χ1v) is 6.48. The zero-order valence-electron chi connectivity index (χ0n) is 11.5. The van der Waals surface area contributed by atoms with E-state index in [2.05, 4.69) is 9.99 Å². The number of oxime groups is 1. The molecule has 6 heteroatoms. The molecule has 110 valence electrons. The van der Waals surface area contributed by atoms with Gasteiger partial charge in [-0.05, 0) is 30.7 Å². The molecule has 1 aliphatic rings. The molecule has 0 saturated carbocycles. The molecular weight excluding hydrogens is 270 g/mol. The van der Waals surface area contributed by atoms with Crippen LogP contribution in [0.3, 0.4) is 0 Å². The number of hydrogen-bond acceptors (Lipinski definition) is 5. The summed E-state index contributed by atoms with van der Waals surface area (Å²) in [5.41, 5.74) is 13.0. The average Bonchev–Trinajstić information content (AvgIpc) is 2.97. The molecule has 0 spiro atoms. The van der Waals surface area contributed by atoms with E-state index in [4.69, 9.17) is 16.2 Å². The van der Waals surface area contributed by atoms with Crippen LogP contribution in [0.1, 0.15) is 12.8 Å². The average molecular weight is 287 g/mol. The molecule has 0 saturated heterocycles. The summed E-state index contributed by atoms with van der Waals surface area (Å²) in [7, 11) is 0. The predicted molar refractivity (Wildman–Crippen MR) is 80.5 cm³/mol. The van der Waals surface area contributed by atoms with Gasteiger partial charge in [0.25, 0.3) is 0 Å². The number of carbonyl (C=O) groups excluding carboxylic acids is 1. The van der Waals surface area contributed by atoms with Crippen LogP contribution in [-0.4, -0.2) is 18.4 Å². The van der Waals surface area contributed by atoms with Crippen molar-refractivity contribution in [2.45, 2.75) is 12.8 Å². The molecule has 0 bridgehead atoms. The van der Waals surface area contributed by atoms with Crippen molar-refractivity contribution >= 4 is 17.5 Å². The summed E-state index contributed by atoms with van der Waals surface area (Å²) in [6.45, 7) is -0.245. The van der Waals surface area contributed by atoms with E-state index in [1.807, 2.05) is 18.2 Å². The van der Waals surface area contributed by atoms with Gasteiger partial charge in [-0.2, -0.15) is 0 Å². The third-order valence-electron chi connectivity index (χ3n) is 2.76. The third-order valence-corrected chi connectivity index (χ3v) is 2.76. The highest BCUT2D eigenvalue weighted by molar-refractivity contribution is 5.83. The highest BCUT2D eigenvalue weighted by atomic mass is 16.7. The topological polar surface area (TPSA) is 99.9 Å². The Balaban J connectivity index is 1.72. The predicted octanol–water partition coefficient (Wildman–Crippen LogP) is 1.74. The Hall–Kier alpha value is -2.76. The number of rotatable bonds is 6. The largest absolute Gasteiger partial charge is 0.482 e. The minimum atomic E-state index is -0.617. The maximum absolute atomic E-state index is 11.5. The first-order chi connectivity index (χ1) is 10.1. The fourth-order valence-electron chi connectivity index (χ4n) is 1.73. The second-order valence-corrected chi connectivity index (χ2v) is 4.54. The monoisotopic (exact) mass is 287 g/mol. The van der Waals surface area contributed by atoms with E-state index in [1.165, 1.54) is 0 Å². The molecule has 1 aliphatic carbocycles. The van der Waals surface area contributed by atoms with Gasteiger partial charge in [-0.3, -0.25) is 0 Å². The summed E-state index contributed by atoms with van der Waals surface area (Å²) in [5, 5.41) is 3.59. The van der Waals surface area contributed by atoms with E-state index < -0.39 is 5.97 Å². The normalized spacial score (nSPS) is 13.9. The molecule has 0 unspecified atom stereocenters. The second-order valence-electron chi connectivity index (χ2n) is 4.54. The first-order valence-electron chi connectivity index (χ1n) is 6.48. The van der Waals surface area contributed by atoms with Crippen molar-refractivity contribution in [3.8, 4) is 5.75 Å². The lowest BCUT2D eigenvalue weighted by Gasteiger charge is -2.05. The van der Waals surface area contributed by atoms with Crippen molar-refractivity contribution < 1.29 is 14.4 Å². The van der Waals surface area contributed by atoms with Crippen molar-refractivity contribution in [1.82, 2.24) is 0 Å². The van der Waals surface area contributed by atoms with Crippen LogP contribution in [0.25, 0.3) is 0 Å². The zero-order chi connectivity index (χ0) is 15.1. The van der Waals surface area contributed by atoms with E-state index in [0.29, 0.717) is 17.9 Å². The van der Waals surface area contributed by atoms with Crippen molar-refractivity contribution in [2.75, 3.05) is 12.3 Å². The van der Waals surface area contributed by atoms with Gasteiger partial charge < -0.3 is 21.0 Å². The summed E-state index contributed by atoms with van der Waals surface area (Å²) in [4.78, 5) is 16.1. The lowest BCUT2D eigenvalue weighted by molar-refractivity contribution is -0.146. The molecule has 21 heavy (non-hydrogen) atoms. The summed E-state index contributed by atoms with van der Waals surface area (Å²) in [6.07, 6.45) is 7.28. The fraction of sp³-hybridized carbons (Fsp3) is 0.200. The van der Waals surface area contributed by atoms with Gasteiger partial charge in [0.05, 0.1) is 0 Å². The number of anilines is 1. The molecule has 1 aromatic carbocycles. The lowest BCUT2D eigenvalue weighted by Crippen LogP contribution is -2.17. The summed E-state index contributed by atoms with van der Waals surface area (Å²) >= 11 is 0. The number of hydrogen-bond donors (Lipinski definition) is 2. The van der Waals surface area contributed by atoms with Crippen LogP contribution < -0.4 is 16.2 Å². The molecular formula is C15H17N3O3.